The number of non-ortho nitro benzene ring substituents is 1. The highest BCUT2D eigenvalue weighted by atomic mass is 16.6. The highest BCUT2D eigenvalue weighted by Gasteiger charge is 2.50. The maximum absolute atomic E-state index is 13.3. The highest BCUT2D eigenvalue weighted by molar-refractivity contribution is 6.15. The van der Waals surface area contributed by atoms with Gasteiger partial charge in [0.2, 0.25) is 23.6 Å². The fraction of sp³-hybridized carbons (Fsp3) is 0.556. The summed E-state index contributed by atoms with van der Waals surface area (Å²) in [6, 6.07) is 2.35. The lowest BCUT2D eigenvalue weighted by molar-refractivity contribution is -0.384. The van der Waals surface area contributed by atoms with Crippen LogP contribution < -0.4 is 16.0 Å². The second kappa shape index (κ2) is 12.4. The van der Waals surface area contributed by atoms with Crippen LogP contribution in [0.2, 0.25) is 0 Å². The number of nitrogens with zero attached hydrogens (tertiary/aromatic N) is 3. The van der Waals surface area contributed by atoms with E-state index in [1.165, 1.54) is 50.1 Å². The average Bonchev–Trinajstić information content (AvgIpc) is 3.42. The molecule has 0 spiro atoms. The van der Waals surface area contributed by atoms with Crippen LogP contribution in [-0.4, -0.2) is 87.3 Å². The second-order valence-corrected chi connectivity index (χ2v) is 10.9. The lowest BCUT2D eigenvalue weighted by Gasteiger charge is -2.40. The number of ketones is 1. The van der Waals surface area contributed by atoms with E-state index in [2.05, 4.69) is 16.0 Å². The SMILES string of the molecule is CC(C)[C@H](NC(=O)[C@@H]1CCCN1C(=O)[C@H](C)NC(=O)[C@@]1(C)C(=O)CCC(=O)N1C)C(=O)Nc1ccc([N+](=O)[O-])cc1. The molecule has 2 fully saturated rings. The molecule has 0 aliphatic carbocycles. The number of hydrogen-bond acceptors (Lipinski definition) is 8. The number of likely N-dealkylation sites (tertiary alicyclic amines) is 2. The van der Waals surface area contributed by atoms with Gasteiger partial charge in [0.05, 0.1) is 4.92 Å². The first-order chi connectivity index (χ1) is 19.2. The Bertz CT molecular complexity index is 1250. The molecule has 3 N–H and O–H groups in total. The third-order valence-electron chi connectivity index (χ3n) is 7.75. The number of nitro benzene ring substituents is 1. The molecule has 2 heterocycles. The van der Waals surface area contributed by atoms with Crippen molar-refractivity contribution < 1.29 is 33.7 Å². The molecule has 0 aromatic heterocycles. The molecule has 4 atom stereocenters. The highest BCUT2D eigenvalue weighted by Crippen LogP contribution is 2.25. The van der Waals surface area contributed by atoms with Crippen LogP contribution in [0.3, 0.4) is 0 Å². The molecule has 0 unspecified atom stereocenters. The fourth-order valence-electron chi connectivity index (χ4n) is 4.97. The third-order valence-corrected chi connectivity index (χ3v) is 7.75. The zero-order valence-electron chi connectivity index (χ0n) is 23.8. The van der Waals surface area contributed by atoms with Crippen molar-refractivity contribution in [2.24, 2.45) is 5.92 Å². The summed E-state index contributed by atoms with van der Waals surface area (Å²) in [4.78, 5) is 90.1. The minimum absolute atomic E-state index is 0.0144. The van der Waals surface area contributed by atoms with Crippen molar-refractivity contribution in [2.75, 3.05) is 18.9 Å². The number of amides is 5. The van der Waals surface area contributed by atoms with Crippen LogP contribution >= 0.6 is 0 Å². The molecule has 2 saturated heterocycles. The first-order valence-electron chi connectivity index (χ1n) is 13.5. The lowest BCUT2D eigenvalue weighted by atomic mass is 9.86. The summed E-state index contributed by atoms with van der Waals surface area (Å²) in [5.41, 5.74) is -1.55. The molecule has 1 aromatic rings. The third kappa shape index (κ3) is 6.52. The number of nitro groups is 1. The minimum Gasteiger partial charge on any atom is -0.342 e. The predicted molar refractivity (Wildman–Crippen MR) is 146 cm³/mol. The van der Waals surface area contributed by atoms with Crippen LogP contribution in [-0.2, 0) is 28.8 Å². The van der Waals surface area contributed by atoms with Gasteiger partial charge in [-0.05, 0) is 44.7 Å². The van der Waals surface area contributed by atoms with Crippen LogP contribution in [0.5, 0.6) is 0 Å². The summed E-state index contributed by atoms with van der Waals surface area (Å²) >= 11 is 0. The molecular weight excluding hydrogens is 536 g/mol. The van der Waals surface area contributed by atoms with Gasteiger partial charge in [0.1, 0.15) is 18.1 Å². The summed E-state index contributed by atoms with van der Waals surface area (Å²) in [5, 5.41) is 18.8. The molecule has 0 radical (unpaired) electrons. The number of carbonyl (C=O) groups excluding carboxylic acids is 6. The molecule has 41 heavy (non-hydrogen) atoms. The Morgan fingerprint density at radius 2 is 1.68 bits per heavy atom. The van der Waals surface area contributed by atoms with Gasteiger partial charge < -0.3 is 25.8 Å². The smallest absolute Gasteiger partial charge is 0.269 e. The Hall–Kier alpha value is -4.36. The zero-order valence-corrected chi connectivity index (χ0v) is 23.8. The molecule has 2 aliphatic heterocycles. The van der Waals surface area contributed by atoms with Crippen LogP contribution in [0, 0.1) is 16.0 Å². The molecule has 222 valence electrons. The van der Waals surface area contributed by atoms with Crippen molar-refractivity contribution in [2.45, 2.75) is 77.0 Å². The zero-order chi connectivity index (χ0) is 30.6. The van der Waals surface area contributed by atoms with Gasteiger partial charge in [0.25, 0.3) is 11.6 Å². The normalized spacial score (nSPS) is 22.2. The van der Waals surface area contributed by atoms with E-state index in [1.807, 2.05) is 0 Å². The maximum atomic E-state index is 13.3. The van der Waals surface area contributed by atoms with Crippen molar-refractivity contribution in [1.29, 1.82) is 0 Å². The molecular formula is C27H36N6O8. The molecule has 3 rings (SSSR count). The van der Waals surface area contributed by atoms with Crippen LogP contribution in [0.1, 0.15) is 53.4 Å². The Morgan fingerprint density at radius 1 is 1.05 bits per heavy atom. The van der Waals surface area contributed by atoms with Crippen LogP contribution in [0.4, 0.5) is 11.4 Å². The Labute approximate surface area is 237 Å². The Morgan fingerprint density at radius 3 is 2.27 bits per heavy atom. The Balaban J connectivity index is 1.66. The molecule has 1 aromatic carbocycles. The molecule has 14 heteroatoms. The van der Waals surface area contributed by atoms with Crippen molar-refractivity contribution in [3.8, 4) is 0 Å². The summed E-state index contributed by atoms with van der Waals surface area (Å²) in [7, 11) is 1.37. The number of Topliss-reactive ketones (excluding diaryl/α,β-unsaturated/α-hetero) is 1. The maximum Gasteiger partial charge on any atom is 0.269 e. The molecule has 0 saturated carbocycles. The number of rotatable bonds is 9. The number of benzene rings is 1. The largest absolute Gasteiger partial charge is 0.342 e. The van der Waals surface area contributed by atoms with Gasteiger partial charge in [-0.3, -0.25) is 38.9 Å². The first-order valence-corrected chi connectivity index (χ1v) is 13.5. The van der Waals surface area contributed by atoms with Gasteiger partial charge in [-0.25, -0.2) is 0 Å². The van der Waals surface area contributed by atoms with E-state index in [-0.39, 0.29) is 36.9 Å². The Kier molecular flexibility index (Phi) is 9.46. The van der Waals surface area contributed by atoms with E-state index in [0.717, 1.165) is 4.90 Å². The van der Waals surface area contributed by atoms with Crippen molar-refractivity contribution in [3.63, 3.8) is 0 Å². The predicted octanol–water partition coefficient (Wildman–Crippen LogP) is 0.750. The first kappa shape index (κ1) is 31.2. The number of nitrogens with one attached hydrogen (secondary N) is 3. The van der Waals surface area contributed by atoms with E-state index >= 15 is 0 Å². The number of likely N-dealkylation sites (N-methyl/N-ethyl adjacent to an activating group) is 1. The van der Waals surface area contributed by atoms with Crippen molar-refractivity contribution in [3.05, 3.63) is 34.4 Å². The monoisotopic (exact) mass is 572 g/mol. The van der Waals surface area contributed by atoms with Crippen LogP contribution in [0.25, 0.3) is 0 Å². The lowest BCUT2D eigenvalue weighted by Crippen LogP contribution is -2.66. The van der Waals surface area contributed by atoms with Gasteiger partial charge >= 0.3 is 0 Å². The summed E-state index contributed by atoms with van der Waals surface area (Å²) in [5.74, 6) is -3.48. The van der Waals surface area contributed by atoms with E-state index in [4.69, 9.17) is 0 Å². The molecule has 5 amide bonds. The fourth-order valence-corrected chi connectivity index (χ4v) is 4.97. The second-order valence-electron chi connectivity index (χ2n) is 10.9. The van der Waals surface area contributed by atoms with E-state index in [1.54, 1.807) is 13.8 Å². The van der Waals surface area contributed by atoms with Gasteiger partial charge in [0, 0.05) is 44.3 Å². The summed E-state index contributed by atoms with van der Waals surface area (Å²) < 4.78 is 0. The van der Waals surface area contributed by atoms with Gasteiger partial charge in [0.15, 0.2) is 11.3 Å². The average molecular weight is 573 g/mol. The van der Waals surface area contributed by atoms with Gasteiger partial charge in [-0.15, -0.1) is 0 Å². The van der Waals surface area contributed by atoms with Gasteiger partial charge in [-0.2, -0.15) is 0 Å². The quantitative estimate of drug-likeness (QED) is 0.219. The van der Waals surface area contributed by atoms with Crippen molar-refractivity contribution >= 4 is 46.7 Å². The minimum atomic E-state index is -1.74. The van der Waals surface area contributed by atoms with E-state index < -0.39 is 58.0 Å². The number of piperidine rings is 1. The molecule has 0 bridgehead atoms. The number of anilines is 1. The van der Waals surface area contributed by atoms with Crippen LogP contribution in [0.15, 0.2) is 24.3 Å². The summed E-state index contributed by atoms with van der Waals surface area (Å²) in [6.07, 6.45) is 0.818. The molecule has 2 aliphatic rings. The standard InChI is InChI=1S/C27H36N6O8/c1-15(2)22(24(37)29-17-8-10-18(11-9-17)33(40)41)30-23(36)19-7-6-14-32(19)25(38)16(3)28-26(39)27(4)20(34)12-13-21(35)31(27)5/h8-11,15-16,19,22H,6-7,12-14H2,1-5H3,(H,28,39)(H,29,37)(H,30,36)/t16-,19-,22-,27+/m0/s1. The van der Waals surface area contributed by atoms with E-state index in [9.17, 15) is 38.9 Å². The molecule has 14 nitrogen and oxygen atoms in total. The van der Waals surface area contributed by atoms with E-state index in [0.29, 0.717) is 18.5 Å². The van der Waals surface area contributed by atoms with Gasteiger partial charge in [-0.1, -0.05) is 13.8 Å². The number of carbonyl (C=O) groups is 6. The van der Waals surface area contributed by atoms with Crippen molar-refractivity contribution in [1.82, 2.24) is 20.4 Å². The topological polar surface area (TPSA) is 188 Å². The number of hydrogen-bond donors (Lipinski definition) is 3. The summed E-state index contributed by atoms with van der Waals surface area (Å²) in [6.45, 7) is 6.53.